The summed E-state index contributed by atoms with van der Waals surface area (Å²) in [6.45, 7) is 0. The van der Waals surface area contributed by atoms with E-state index in [0.29, 0.717) is 21.8 Å². The highest BCUT2D eigenvalue weighted by Gasteiger charge is 2.42. The number of benzene rings is 2. The van der Waals surface area contributed by atoms with E-state index in [-0.39, 0.29) is 11.3 Å². The Morgan fingerprint density at radius 2 is 1.79 bits per heavy atom. The number of sulfonamides is 1. The highest BCUT2D eigenvalue weighted by Crippen LogP contribution is 2.41. The zero-order chi connectivity index (χ0) is 20.5. The number of hydrazine groups is 1. The minimum atomic E-state index is -3.88. The molecule has 1 heterocycles. The third-order valence-electron chi connectivity index (χ3n) is 4.57. The Morgan fingerprint density at radius 3 is 2.32 bits per heavy atom. The average molecular weight is 406 g/mol. The summed E-state index contributed by atoms with van der Waals surface area (Å²) >= 11 is 0. The molecule has 0 fully saturated rings. The number of primary sulfonamides is 1. The predicted octanol–water partition coefficient (Wildman–Crippen LogP) is 1.06. The van der Waals surface area contributed by atoms with Crippen LogP contribution < -0.4 is 16.0 Å². The molecule has 28 heavy (non-hydrogen) atoms. The largest absolute Gasteiger partial charge is 0.327 e. The lowest BCUT2D eigenvalue weighted by Gasteiger charge is -2.33. The Kier molecular flexibility index (Phi) is 5.22. The van der Waals surface area contributed by atoms with Gasteiger partial charge in [0.05, 0.1) is 16.9 Å². The lowest BCUT2D eigenvalue weighted by molar-refractivity contribution is -0.160. The zero-order valence-electron chi connectivity index (χ0n) is 14.9. The summed E-state index contributed by atoms with van der Waals surface area (Å²) in [6.07, 6.45) is 1.44. The van der Waals surface area contributed by atoms with E-state index in [1.54, 1.807) is 18.3 Å². The molecule has 2 aromatic carbocycles. The van der Waals surface area contributed by atoms with Crippen molar-refractivity contribution in [3.05, 3.63) is 71.7 Å². The maximum Gasteiger partial charge on any atom is 0.248 e. The van der Waals surface area contributed by atoms with Gasteiger partial charge in [0.1, 0.15) is 5.82 Å². The summed E-state index contributed by atoms with van der Waals surface area (Å²) in [5.41, 5.74) is 6.55. The van der Waals surface area contributed by atoms with Gasteiger partial charge in [-0.25, -0.2) is 28.4 Å². The van der Waals surface area contributed by atoms with Crippen LogP contribution >= 0.6 is 0 Å². The average Bonchev–Trinajstić information content (AvgIpc) is 3.06. The standard InChI is InChI=1S/C18H19FN4O4S/c1-23(25)17(24)10-18(13-4-8-15(9-5-13)28(20,26)27)16(11-21-22-18)12-2-6-14(19)7-3-12/h2-9,11,21-22,25H,10H2,1H3,(H2,20,26,27). The first-order valence-electron chi connectivity index (χ1n) is 8.21. The van der Waals surface area contributed by atoms with Crippen LogP contribution in [0.2, 0.25) is 0 Å². The number of hydroxylamine groups is 2. The second-order valence-electron chi connectivity index (χ2n) is 6.40. The van der Waals surface area contributed by atoms with E-state index in [9.17, 15) is 22.8 Å². The summed E-state index contributed by atoms with van der Waals surface area (Å²) in [7, 11) is -2.67. The van der Waals surface area contributed by atoms with Gasteiger partial charge < -0.3 is 5.43 Å². The topological polar surface area (TPSA) is 125 Å². The first kappa shape index (κ1) is 20.0. The summed E-state index contributed by atoms with van der Waals surface area (Å²) in [5.74, 6) is -0.989. The Morgan fingerprint density at radius 1 is 1.18 bits per heavy atom. The number of carbonyl (C=O) groups excluding carboxylic acids is 1. The third-order valence-corrected chi connectivity index (χ3v) is 5.50. The van der Waals surface area contributed by atoms with Crippen molar-refractivity contribution < 1.29 is 22.8 Å². The fourth-order valence-electron chi connectivity index (χ4n) is 3.12. The van der Waals surface area contributed by atoms with E-state index in [2.05, 4.69) is 10.9 Å². The monoisotopic (exact) mass is 406 g/mol. The van der Waals surface area contributed by atoms with Crippen molar-refractivity contribution in [3.8, 4) is 0 Å². The van der Waals surface area contributed by atoms with E-state index in [1.165, 1.54) is 43.4 Å². The summed E-state index contributed by atoms with van der Waals surface area (Å²) < 4.78 is 36.4. The van der Waals surface area contributed by atoms with Crippen molar-refractivity contribution in [2.45, 2.75) is 16.9 Å². The molecule has 148 valence electrons. The summed E-state index contributed by atoms with van der Waals surface area (Å²) in [4.78, 5) is 12.3. The molecule has 0 saturated carbocycles. The highest BCUT2D eigenvalue weighted by molar-refractivity contribution is 7.89. The van der Waals surface area contributed by atoms with Crippen molar-refractivity contribution in [1.29, 1.82) is 0 Å². The lowest BCUT2D eigenvalue weighted by Crippen LogP contribution is -2.47. The Hall–Kier alpha value is -2.79. The van der Waals surface area contributed by atoms with Crippen molar-refractivity contribution in [2.24, 2.45) is 5.14 Å². The van der Waals surface area contributed by atoms with Gasteiger partial charge in [0.15, 0.2) is 0 Å². The van der Waals surface area contributed by atoms with Gasteiger partial charge in [-0.05, 0) is 35.4 Å². The number of nitrogens with one attached hydrogen (secondary N) is 2. The molecule has 1 atom stereocenters. The van der Waals surface area contributed by atoms with Gasteiger partial charge in [0, 0.05) is 18.8 Å². The Labute approximate surface area is 161 Å². The molecular weight excluding hydrogens is 387 g/mol. The molecular formula is C18H19FN4O4S. The lowest BCUT2D eigenvalue weighted by atomic mass is 9.78. The van der Waals surface area contributed by atoms with Gasteiger partial charge >= 0.3 is 0 Å². The molecule has 0 saturated heterocycles. The fraction of sp³-hybridized carbons (Fsp3) is 0.167. The minimum absolute atomic E-state index is 0.0738. The number of halogens is 1. The predicted molar refractivity (Wildman–Crippen MR) is 99.3 cm³/mol. The molecule has 8 nitrogen and oxygen atoms in total. The first-order valence-corrected chi connectivity index (χ1v) is 9.76. The van der Waals surface area contributed by atoms with Crippen LogP contribution in [0.4, 0.5) is 4.39 Å². The van der Waals surface area contributed by atoms with Crippen LogP contribution in [0.15, 0.2) is 59.6 Å². The van der Waals surface area contributed by atoms with Crippen LogP contribution in [-0.4, -0.2) is 31.6 Å². The molecule has 5 N–H and O–H groups in total. The van der Waals surface area contributed by atoms with E-state index >= 15 is 0 Å². The molecule has 10 heteroatoms. The van der Waals surface area contributed by atoms with E-state index in [4.69, 9.17) is 5.14 Å². The molecule has 0 radical (unpaired) electrons. The molecule has 1 aliphatic rings. The summed E-state index contributed by atoms with van der Waals surface area (Å²) in [6, 6.07) is 11.5. The van der Waals surface area contributed by atoms with Gasteiger partial charge in [-0.2, -0.15) is 0 Å². The van der Waals surface area contributed by atoms with E-state index in [0.717, 1.165) is 0 Å². The maximum atomic E-state index is 13.3. The smallest absolute Gasteiger partial charge is 0.248 e. The third kappa shape index (κ3) is 3.76. The van der Waals surface area contributed by atoms with Gasteiger partial charge in [0.25, 0.3) is 0 Å². The molecule has 0 spiro atoms. The van der Waals surface area contributed by atoms with Gasteiger partial charge in [-0.3, -0.25) is 10.0 Å². The van der Waals surface area contributed by atoms with Crippen LogP contribution in [0.3, 0.4) is 0 Å². The fourth-order valence-corrected chi connectivity index (χ4v) is 3.64. The zero-order valence-corrected chi connectivity index (χ0v) is 15.7. The maximum absolute atomic E-state index is 13.3. The van der Waals surface area contributed by atoms with Crippen molar-refractivity contribution in [1.82, 2.24) is 15.9 Å². The quantitative estimate of drug-likeness (QED) is 0.435. The van der Waals surface area contributed by atoms with Crippen molar-refractivity contribution >= 4 is 21.5 Å². The number of rotatable bonds is 5. The van der Waals surface area contributed by atoms with Gasteiger partial charge in [-0.15, -0.1) is 0 Å². The minimum Gasteiger partial charge on any atom is -0.327 e. The van der Waals surface area contributed by atoms with Crippen molar-refractivity contribution in [2.75, 3.05) is 7.05 Å². The van der Waals surface area contributed by atoms with Crippen LogP contribution in [0.25, 0.3) is 5.57 Å². The van der Waals surface area contributed by atoms with E-state index < -0.39 is 27.3 Å². The SMILES string of the molecule is CN(O)C(=O)CC1(c2ccc(S(N)(=O)=O)cc2)NNC=C1c1ccc(F)cc1. The Balaban J connectivity index is 2.12. The Bertz CT molecular complexity index is 1020. The first-order chi connectivity index (χ1) is 13.1. The van der Waals surface area contributed by atoms with E-state index in [1.807, 2.05) is 0 Å². The number of nitrogens with two attached hydrogens (primary N) is 1. The molecule has 3 rings (SSSR count). The number of hydrogen-bond acceptors (Lipinski definition) is 6. The van der Waals surface area contributed by atoms with Gasteiger partial charge in [0.2, 0.25) is 15.9 Å². The molecule has 0 aliphatic carbocycles. The second-order valence-corrected chi connectivity index (χ2v) is 7.96. The molecule has 2 aromatic rings. The summed E-state index contributed by atoms with van der Waals surface area (Å²) in [5, 5.41) is 15.2. The molecule has 0 aromatic heterocycles. The highest BCUT2D eigenvalue weighted by atomic mass is 32.2. The molecule has 1 amide bonds. The number of amides is 1. The van der Waals surface area contributed by atoms with Crippen LogP contribution in [0.1, 0.15) is 17.5 Å². The number of hydrogen-bond donors (Lipinski definition) is 4. The van der Waals surface area contributed by atoms with Gasteiger partial charge in [-0.1, -0.05) is 24.3 Å². The van der Waals surface area contributed by atoms with Crippen LogP contribution in [0, 0.1) is 5.82 Å². The number of carbonyl (C=O) groups is 1. The molecule has 1 aliphatic heterocycles. The van der Waals surface area contributed by atoms with Crippen molar-refractivity contribution in [3.63, 3.8) is 0 Å². The molecule has 1 unspecified atom stereocenters. The number of nitrogens with zero attached hydrogens (tertiary/aromatic N) is 1. The normalized spacial score (nSPS) is 19.1. The van der Waals surface area contributed by atoms with Crippen LogP contribution in [0.5, 0.6) is 0 Å². The molecule has 0 bridgehead atoms. The van der Waals surface area contributed by atoms with Crippen LogP contribution in [-0.2, 0) is 20.4 Å². The second kappa shape index (κ2) is 7.32.